The zero-order valence-electron chi connectivity index (χ0n) is 10.3. The molecular weight excluding hydrogens is 200 g/mol. The van der Waals surface area contributed by atoms with E-state index in [0.717, 1.165) is 31.2 Å². The Labute approximate surface area is 98.2 Å². The van der Waals surface area contributed by atoms with Crippen LogP contribution in [0.4, 0.5) is 0 Å². The van der Waals surface area contributed by atoms with Crippen molar-refractivity contribution in [1.29, 1.82) is 0 Å². The minimum absolute atomic E-state index is 0.361. The molecule has 3 atom stereocenters. The third-order valence-corrected chi connectivity index (χ3v) is 5.09. The van der Waals surface area contributed by atoms with Gasteiger partial charge in [0.15, 0.2) is 0 Å². The predicted molar refractivity (Wildman–Crippen MR) is 64.3 cm³/mol. The monoisotopic (exact) mass is 224 g/mol. The van der Waals surface area contributed by atoms with Crippen molar-refractivity contribution in [1.82, 2.24) is 10.2 Å². The highest BCUT2D eigenvalue weighted by Gasteiger charge is 2.44. The molecule has 1 aliphatic carbocycles. The summed E-state index contributed by atoms with van der Waals surface area (Å²) in [6.07, 6.45) is 4.47. The van der Waals surface area contributed by atoms with Gasteiger partial charge in [-0.25, -0.2) is 0 Å². The smallest absolute Gasteiger partial charge is 0.0774 e. The zero-order chi connectivity index (χ0) is 11.2. The van der Waals surface area contributed by atoms with Gasteiger partial charge in [0.2, 0.25) is 0 Å². The van der Waals surface area contributed by atoms with E-state index in [1.165, 1.54) is 32.5 Å². The number of hydrogen-bond acceptors (Lipinski definition) is 3. The summed E-state index contributed by atoms with van der Waals surface area (Å²) in [7, 11) is 0. The highest BCUT2D eigenvalue weighted by Crippen LogP contribution is 2.36. The standard InChI is InChI=1S/C13H24N2O/c1-10-12-7-14-6-11(12)8-15(10)9-13(16)4-2-3-5-13/h10-12,14,16H,2-9H2,1H3. The fourth-order valence-electron chi connectivity index (χ4n) is 4.03. The van der Waals surface area contributed by atoms with Crippen LogP contribution in [0, 0.1) is 11.8 Å². The first kappa shape index (κ1) is 11.0. The molecule has 0 aromatic carbocycles. The van der Waals surface area contributed by atoms with Gasteiger partial charge in [0.1, 0.15) is 0 Å². The normalized spacial score (nSPS) is 42.8. The van der Waals surface area contributed by atoms with Gasteiger partial charge < -0.3 is 10.4 Å². The average molecular weight is 224 g/mol. The second-order valence-electron chi connectivity index (χ2n) is 6.18. The molecule has 3 heteroatoms. The van der Waals surface area contributed by atoms with E-state index >= 15 is 0 Å². The molecule has 0 bridgehead atoms. The Morgan fingerprint density at radius 2 is 2.06 bits per heavy atom. The lowest BCUT2D eigenvalue weighted by Crippen LogP contribution is -2.44. The van der Waals surface area contributed by atoms with Gasteiger partial charge >= 0.3 is 0 Å². The van der Waals surface area contributed by atoms with E-state index in [1.54, 1.807) is 0 Å². The van der Waals surface area contributed by atoms with Crippen molar-refractivity contribution in [2.24, 2.45) is 11.8 Å². The number of fused-ring (bicyclic) bond motifs is 1. The van der Waals surface area contributed by atoms with Gasteiger partial charge in [-0.15, -0.1) is 0 Å². The highest BCUT2D eigenvalue weighted by molar-refractivity contribution is 4.99. The van der Waals surface area contributed by atoms with E-state index in [1.807, 2.05) is 0 Å². The summed E-state index contributed by atoms with van der Waals surface area (Å²) in [6.45, 7) is 6.82. The van der Waals surface area contributed by atoms with E-state index in [4.69, 9.17) is 0 Å². The molecule has 3 rings (SSSR count). The summed E-state index contributed by atoms with van der Waals surface area (Å²) in [5.41, 5.74) is -0.361. The lowest BCUT2D eigenvalue weighted by Gasteiger charge is -2.32. The first-order chi connectivity index (χ1) is 7.68. The zero-order valence-corrected chi connectivity index (χ0v) is 10.3. The maximum atomic E-state index is 10.5. The van der Waals surface area contributed by atoms with Crippen LogP contribution in [0.2, 0.25) is 0 Å². The molecule has 2 aliphatic heterocycles. The largest absolute Gasteiger partial charge is 0.389 e. The van der Waals surface area contributed by atoms with Crippen LogP contribution >= 0.6 is 0 Å². The molecule has 2 heterocycles. The molecule has 0 aromatic rings. The van der Waals surface area contributed by atoms with Gasteiger partial charge in [0.25, 0.3) is 0 Å². The topological polar surface area (TPSA) is 35.5 Å². The van der Waals surface area contributed by atoms with Crippen molar-refractivity contribution >= 4 is 0 Å². The summed E-state index contributed by atoms with van der Waals surface area (Å²) in [6, 6.07) is 0.657. The Kier molecular flexibility index (Phi) is 2.73. The SMILES string of the molecule is CC1C2CNCC2CN1CC1(O)CCCC1. The second kappa shape index (κ2) is 3.97. The summed E-state index contributed by atoms with van der Waals surface area (Å²) >= 11 is 0. The molecule has 16 heavy (non-hydrogen) atoms. The Morgan fingerprint density at radius 1 is 1.31 bits per heavy atom. The third-order valence-electron chi connectivity index (χ3n) is 5.09. The highest BCUT2D eigenvalue weighted by atomic mass is 16.3. The molecule has 3 aliphatic rings. The van der Waals surface area contributed by atoms with Crippen LogP contribution in [0.1, 0.15) is 32.6 Å². The summed E-state index contributed by atoms with van der Waals surface area (Å²) in [5.74, 6) is 1.66. The fraction of sp³-hybridized carbons (Fsp3) is 1.00. The molecule has 2 N–H and O–H groups in total. The molecule has 0 radical (unpaired) electrons. The van der Waals surface area contributed by atoms with Gasteiger partial charge in [-0.2, -0.15) is 0 Å². The predicted octanol–water partition coefficient (Wildman–Crippen LogP) is 0.831. The molecule has 92 valence electrons. The number of hydrogen-bond donors (Lipinski definition) is 2. The van der Waals surface area contributed by atoms with Crippen LogP contribution < -0.4 is 5.32 Å². The molecule has 0 aromatic heterocycles. The Balaban J connectivity index is 1.64. The molecule has 3 unspecified atom stereocenters. The number of nitrogens with one attached hydrogen (secondary N) is 1. The molecule has 2 saturated heterocycles. The number of β-amino-alcohol motifs (C(OH)–C–C–N with tert-alkyl or cyclic N) is 1. The lowest BCUT2D eigenvalue weighted by molar-refractivity contribution is 0.00462. The van der Waals surface area contributed by atoms with Gasteiger partial charge in [-0.1, -0.05) is 12.8 Å². The molecule has 3 fully saturated rings. The molecule has 0 spiro atoms. The van der Waals surface area contributed by atoms with Crippen molar-refractivity contribution in [3.8, 4) is 0 Å². The number of rotatable bonds is 2. The lowest BCUT2D eigenvalue weighted by atomic mass is 9.95. The number of nitrogens with zero attached hydrogens (tertiary/aromatic N) is 1. The van der Waals surface area contributed by atoms with E-state index in [9.17, 15) is 5.11 Å². The van der Waals surface area contributed by atoms with Crippen LogP contribution in [-0.4, -0.2) is 47.8 Å². The van der Waals surface area contributed by atoms with E-state index in [2.05, 4.69) is 17.1 Å². The van der Waals surface area contributed by atoms with Crippen LogP contribution in [0.25, 0.3) is 0 Å². The minimum atomic E-state index is -0.361. The fourth-order valence-corrected chi connectivity index (χ4v) is 4.03. The number of aliphatic hydroxyl groups is 1. The van der Waals surface area contributed by atoms with Crippen molar-refractivity contribution in [2.75, 3.05) is 26.2 Å². The summed E-state index contributed by atoms with van der Waals surface area (Å²) in [5, 5.41) is 14.0. The second-order valence-corrected chi connectivity index (χ2v) is 6.18. The van der Waals surface area contributed by atoms with Crippen LogP contribution in [-0.2, 0) is 0 Å². The van der Waals surface area contributed by atoms with Crippen LogP contribution in [0.5, 0.6) is 0 Å². The van der Waals surface area contributed by atoms with Crippen molar-refractivity contribution in [3.63, 3.8) is 0 Å². The van der Waals surface area contributed by atoms with E-state index in [0.29, 0.717) is 6.04 Å². The third kappa shape index (κ3) is 1.79. The molecule has 0 amide bonds. The maximum absolute atomic E-state index is 10.5. The van der Waals surface area contributed by atoms with Crippen LogP contribution in [0.3, 0.4) is 0 Å². The Bertz CT molecular complexity index is 263. The van der Waals surface area contributed by atoms with Gasteiger partial charge in [0, 0.05) is 19.1 Å². The Hall–Kier alpha value is -0.120. The molecule has 1 saturated carbocycles. The van der Waals surface area contributed by atoms with Crippen molar-refractivity contribution in [3.05, 3.63) is 0 Å². The van der Waals surface area contributed by atoms with Crippen molar-refractivity contribution in [2.45, 2.75) is 44.2 Å². The first-order valence-electron chi connectivity index (χ1n) is 6.85. The van der Waals surface area contributed by atoms with E-state index < -0.39 is 0 Å². The van der Waals surface area contributed by atoms with Gasteiger partial charge in [0.05, 0.1) is 5.60 Å². The Morgan fingerprint density at radius 3 is 2.75 bits per heavy atom. The minimum Gasteiger partial charge on any atom is -0.389 e. The van der Waals surface area contributed by atoms with Crippen molar-refractivity contribution < 1.29 is 5.11 Å². The van der Waals surface area contributed by atoms with Gasteiger partial charge in [-0.05, 0) is 44.7 Å². The summed E-state index contributed by atoms with van der Waals surface area (Å²) < 4.78 is 0. The molecular formula is C13H24N2O. The average Bonchev–Trinajstić information content (AvgIpc) is 2.90. The molecule has 3 nitrogen and oxygen atoms in total. The summed E-state index contributed by atoms with van der Waals surface area (Å²) in [4.78, 5) is 2.54. The van der Waals surface area contributed by atoms with Gasteiger partial charge in [-0.3, -0.25) is 4.90 Å². The number of likely N-dealkylation sites (tertiary alicyclic amines) is 1. The first-order valence-corrected chi connectivity index (χ1v) is 6.85. The quantitative estimate of drug-likeness (QED) is 0.729. The maximum Gasteiger partial charge on any atom is 0.0774 e. The van der Waals surface area contributed by atoms with E-state index in [-0.39, 0.29) is 5.60 Å². The van der Waals surface area contributed by atoms with Crippen LogP contribution in [0.15, 0.2) is 0 Å².